The van der Waals surface area contributed by atoms with Crippen LogP contribution in [0.4, 0.5) is 21.9 Å². The molecule has 3 aromatic carbocycles. The van der Waals surface area contributed by atoms with Crippen molar-refractivity contribution in [1.82, 2.24) is 9.97 Å². The van der Waals surface area contributed by atoms with E-state index in [1.165, 1.54) is 12.5 Å². The number of carbonyl (C=O) groups is 2. The molecule has 0 radical (unpaired) electrons. The first-order chi connectivity index (χ1) is 21.7. The molecule has 0 saturated heterocycles. The van der Waals surface area contributed by atoms with Crippen LogP contribution in [-0.4, -0.2) is 48.9 Å². The van der Waals surface area contributed by atoms with E-state index in [0.29, 0.717) is 44.2 Å². The number of nitrogens with two attached hydrogens (primary N) is 1. The molecule has 0 fully saturated rings. The molecule has 2 heterocycles. The molecular formula is C32H31N5O7S2. The molecule has 0 atom stereocenters. The molecule has 0 saturated carbocycles. The van der Waals surface area contributed by atoms with Gasteiger partial charge in [-0.15, -0.1) is 11.3 Å². The fraction of sp³-hybridized carbons (Fsp3) is 0.188. The van der Waals surface area contributed by atoms with Crippen LogP contribution in [0.25, 0.3) is 21.5 Å². The second kappa shape index (κ2) is 12.3. The largest absolute Gasteiger partial charge is 0.493 e. The molecule has 0 aliphatic heterocycles. The van der Waals surface area contributed by atoms with Crippen molar-refractivity contribution < 1.29 is 32.6 Å². The summed E-state index contributed by atoms with van der Waals surface area (Å²) in [6, 6.07) is 15.0. The van der Waals surface area contributed by atoms with Gasteiger partial charge in [0.15, 0.2) is 21.3 Å². The maximum absolute atomic E-state index is 13.4. The average molecular weight is 662 g/mol. The van der Waals surface area contributed by atoms with Crippen LogP contribution in [0.2, 0.25) is 0 Å². The molecule has 2 amide bonds. The Balaban J connectivity index is 1.45. The Morgan fingerprint density at radius 3 is 2.33 bits per heavy atom. The number of ether oxygens (including phenoxy) is 2. The van der Waals surface area contributed by atoms with Gasteiger partial charge in [0.1, 0.15) is 27.1 Å². The Bertz CT molecular complexity index is 2100. The quantitative estimate of drug-likeness (QED) is 0.129. The topological polar surface area (TPSA) is 183 Å². The highest BCUT2D eigenvalue weighted by atomic mass is 32.2. The van der Waals surface area contributed by atoms with Crippen molar-refractivity contribution in [3.05, 3.63) is 77.4 Å². The van der Waals surface area contributed by atoms with Crippen molar-refractivity contribution in [3.63, 3.8) is 0 Å². The fourth-order valence-corrected chi connectivity index (χ4v) is 6.69. The summed E-state index contributed by atoms with van der Waals surface area (Å²) in [5.74, 6) is -0.237. The van der Waals surface area contributed by atoms with E-state index in [4.69, 9.17) is 15.2 Å². The van der Waals surface area contributed by atoms with Crippen LogP contribution in [0.1, 0.15) is 36.8 Å². The summed E-state index contributed by atoms with van der Waals surface area (Å²) in [6.45, 7) is 5.66. The third-order valence-corrected chi connectivity index (χ3v) is 8.95. The van der Waals surface area contributed by atoms with E-state index in [1.807, 2.05) is 45.0 Å². The number of nitrogen functional groups attached to an aromatic ring is 1. The lowest BCUT2D eigenvalue weighted by Gasteiger charge is -2.26. The molecular weight excluding hydrogens is 631 g/mol. The number of carbonyl (C=O) groups excluding carboxylic acids is 1. The van der Waals surface area contributed by atoms with Gasteiger partial charge < -0.3 is 30.9 Å². The first-order valence-corrected chi connectivity index (χ1v) is 16.6. The van der Waals surface area contributed by atoms with Crippen LogP contribution >= 0.6 is 11.3 Å². The third kappa shape index (κ3) is 6.57. The molecule has 0 aliphatic carbocycles. The first kappa shape index (κ1) is 32.2. The Kier molecular flexibility index (Phi) is 8.60. The fourth-order valence-electron chi connectivity index (χ4n) is 4.89. The minimum absolute atomic E-state index is 0.0634. The van der Waals surface area contributed by atoms with Gasteiger partial charge in [-0.2, -0.15) is 0 Å². The van der Waals surface area contributed by atoms with Crippen molar-refractivity contribution in [1.29, 1.82) is 0 Å². The van der Waals surface area contributed by atoms with E-state index in [-0.39, 0.29) is 27.7 Å². The number of amides is 2. The van der Waals surface area contributed by atoms with Gasteiger partial charge in [0.05, 0.1) is 24.2 Å². The highest BCUT2D eigenvalue weighted by Crippen LogP contribution is 2.43. The number of carboxylic acid groups (broad SMARTS) is 1. The van der Waals surface area contributed by atoms with Crippen molar-refractivity contribution in [2.45, 2.75) is 31.1 Å². The smallest absolute Gasteiger partial charge is 0.355 e. The van der Waals surface area contributed by atoms with Gasteiger partial charge in [-0.25, -0.2) is 23.0 Å². The van der Waals surface area contributed by atoms with Crippen molar-refractivity contribution in [2.75, 3.05) is 29.7 Å². The first-order valence-electron chi connectivity index (χ1n) is 13.8. The third-order valence-electron chi connectivity index (χ3n) is 6.94. The molecule has 12 nitrogen and oxygen atoms in total. The van der Waals surface area contributed by atoms with Gasteiger partial charge in [0.25, 0.3) is 0 Å². The van der Waals surface area contributed by atoms with Gasteiger partial charge in [0.2, 0.25) is 0 Å². The maximum Gasteiger partial charge on any atom is 0.355 e. The molecule has 0 unspecified atom stereocenters. The predicted octanol–water partition coefficient (Wildman–Crippen LogP) is 6.78. The van der Waals surface area contributed by atoms with Gasteiger partial charge in [-0.05, 0) is 35.2 Å². The summed E-state index contributed by atoms with van der Waals surface area (Å²) < 4.78 is 37.1. The molecule has 5 N–H and O–H groups in total. The zero-order chi connectivity index (χ0) is 33.4. The molecule has 5 aromatic rings. The number of anilines is 3. The summed E-state index contributed by atoms with van der Waals surface area (Å²) in [5, 5.41) is 18.0. The van der Waals surface area contributed by atoms with Gasteiger partial charge in [-0.3, -0.25) is 4.98 Å². The Labute approximate surface area is 269 Å². The van der Waals surface area contributed by atoms with Crippen molar-refractivity contribution in [2.24, 2.45) is 0 Å². The molecule has 46 heavy (non-hydrogen) atoms. The standard InChI is InChI=1S/C32H31N5O7S2/c1-32(2,3)20-15-22(27(43-4)28(26(20)33)46(5,41)42)37-31(40)36-21-10-11-25(19-9-7-6-8-18(19)21)44-17-12-13-34-23(14-17)29-35-24(16-45-29)30(38)39/h6-16H,33H2,1-5H3,(H,38,39)(H2,36,37,40). The highest BCUT2D eigenvalue weighted by Gasteiger charge is 2.29. The van der Waals surface area contributed by atoms with Gasteiger partial charge in [-0.1, -0.05) is 45.0 Å². The van der Waals surface area contributed by atoms with Crippen molar-refractivity contribution in [3.8, 4) is 28.0 Å². The summed E-state index contributed by atoms with van der Waals surface area (Å²) in [7, 11) is -2.51. The Morgan fingerprint density at radius 1 is 1.00 bits per heavy atom. The van der Waals surface area contributed by atoms with Crippen LogP contribution in [0.5, 0.6) is 17.2 Å². The summed E-state index contributed by atoms with van der Waals surface area (Å²) in [6.07, 6.45) is 2.58. The second-order valence-corrected chi connectivity index (χ2v) is 14.1. The Hall–Kier alpha value is -5.21. The number of methoxy groups -OCH3 is 1. The van der Waals surface area contributed by atoms with Crippen LogP contribution < -0.4 is 25.8 Å². The number of rotatable bonds is 8. The van der Waals surface area contributed by atoms with E-state index < -0.39 is 27.3 Å². The monoisotopic (exact) mass is 661 g/mol. The molecule has 5 rings (SSSR count). The van der Waals surface area contributed by atoms with Crippen LogP contribution in [0.15, 0.2) is 71.1 Å². The molecule has 14 heteroatoms. The van der Waals surface area contributed by atoms with Gasteiger partial charge >= 0.3 is 12.0 Å². The molecule has 2 aromatic heterocycles. The number of pyridine rings is 1. The number of aromatic nitrogens is 2. The van der Waals surface area contributed by atoms with Crippen LogP contribution in [-0.2, 0) is 15.3 Å². The lowest BCUT2D eigenvalue weighted by atomic mass is 9.85. The molecule has 238 valence electrons. The number of hydrogen-bond donors (Lipinski definition) is 4. The van der Waals surface area contributed by atoms with Gasteiger partial charge in [0, 0.05) is 34.7 Å². The molecule has 0 bridgehead atoms. The van der Waals surface area contributed by atoms with Crippen LogP contribution in [0.3, 0.4) is 0 Å². The highest BCUT2D eigenvalue weighted by molar-refractivity contribution is 7.91. The Morgan fingerprint density at radius 2 is 1.70 bits per heavy atom. The summed E-state index contributed by atoms with van der Waals surface area (Å²) in [5.41, 5.74) is 7.38. The number of carboxylic acids is 1. The van der Waals surface area contributed by atoms with Crippen LogP contribution in [0, 0.1) is 0 Å². The minimum atomic E-state index is -3.82. The number of benzene rings is 3. The number of nitrogens with one attached hydrogen (secondary N) is 2. The number of urea groups is 1. The van der Waals surface area contributed by atoms with E-state index in [9.17, 15) is 23.1 Å². The number of fused-ring (bicyclic) bond motifs is 1. The van der Waals surface area contributed by atoms with Crippen molar-refractivity contribution >= 4 is 61.0 Å². The van der Waals surface area contributed by atoms with E-state index in [0.717, 1.165) is 17.6 Å². The second-order valence-electron chi connectivity index (χ2n) is 11.3. The van der Waals surface area contributed by atoms with E-state index in [2.05, 4.69) is 20.6 Å². The lowest BCUT2D eigenvalue weighted by Crippen LogP contribution is -2.23. The average Bonchev–Trinajstić information content (AvgIpc) is 3.49. The number of nitrogens with zero attached hydrogens (tertiary/aromatic N) is 2. The molecule has 0 spiro atoms. The number of sulfone groups is 1. The zero-order valence-corrected chi connectivity index (χ0v) is 27.2. The summed E-state index contributed by atoms with van der Waals surface area (Å²) in [4.78, 5) is 32.8. The summed E-state index contributed by atoms with van der Waals surface area (Å²) >= 11 is 1.16. The zero-order valence-electron chi connectivity index (χ0n) is 25.5. The minimum Gasteiger partial charge on any atom is -0.493 e. The van der Waals surface area contributed by atoms with E-state index in [1.54, 1.807) is 36.5 Å². The number of aromatic carboxylic acids is 1. The normalized spacial score (nSPS) is 11.7. The SMILES string of the molecule is COc1c(NC(=O)Nc2ccc(Oc3ccnc(-c4nc(C(=O)O)cs4)c3)c3ccccc23)cc(C(C)(C)C)c(N)c1S(C)(=O)=O. The lowest BCUT2D eigenvalue weighted by molar-refractivity contribution is 0.0691. The number of hydrogen-bond acceptors (Lipinski definition) is 10. The maximum atomic E-state index is 13.4. The van der Waals surface area contributed by atoms with E-state index >= 15 is 0 Å². The predicted molar refractivity (Wildman–Crippen MR) is 178 cm³/mol. The molecule has 0 aliphatic rings. The number of thiazole rings is 1.